The molecule has 0 aromatic heterocycles. The maximum absolute atomic E-state index is 12.8. The van der Waals surface area contributed by atoms with Gasteiger partial charge in [0.25, 0.3) is 11.8 Å². The number of ether oxygens (including phenoxy) is 1. The number of nitrogens with zero attached hydrogens (tertiary/aromatic N) is 1. The summed E-state index contributed by atoms with van der Waals surface area (Å²) >= 11 is 0. The predicted molar refractivity (Wildman–Crippen MR) is 140 cm³/mol. The zero-order valence-corrected chi connectivity index (χ0v) is 21.4. The zero-order valence-electron chi connectivity index (χ0n) is 21.4. The minimum Gasteiger partial charge on any atom is -0.493 e. The number of hydrogen-bond acceptors (Lipinski definition) is 3. The second kappa shape index (κ2) is 14.4. The highest BCUT2D eigenvalue weighted by molar-refractivity contribution is 6.06. The number of unbranched alkanes of at least 4 members (excludes halogenated alkanes) is 4. The number of likely N-dealkylation sites (N-methyl/N-ethyl adjacent to an activating group) is 1. The SMILES string of the molecule is CCCCCCCOc1ccccc1C(=O)Nc1ccc(C(=O)NCC[N+](C)(CC)CC)cc1. The number of nitrogens with one attached hydrogen (secondary N) is 2. The first kappa shape index (κ1) is 27.4. The van der Waals surface area contributed by atoms with Crippen molar-refractivity contribution in [1.82, 2.24) is 5.32 Å². The van der Waals surface area contributed by atoms with Crippen LogP contribution in [0.5, 0.6) is 5.75 Å². The number of anilines is 1. The molecular formula is C28H42N3O3+. The molecule has 6 heteroatoms. The van der Waals surface area contributed by atoms with Crippen molar-refractivity contribution in [3.8, 4) is 5.75 Å². The number of amides is 2. The number of para-hydroxylation sites is 1. The fraction of sp³-hybridized carbons (Fsp3) is 0.500. The van der Waals surface area contributed by atoms with Gasteiger partial charge in [-0.3, -0.25) is 9.59 Å². The normalized spacial score (nSPS) is 11.2. The molecule has 2 rings (SSSR count). The molecule has 0 aliphatic heterocycles. The van der Waals surface area contributed by atoms with Crippen molar-refractivity contribution in [3.05, 3.63) is 59.7 Å². The predicted octanol–water partition coefficient (Wildman–Crippen LogP) is 5.50. The molecule has 2 aromatic rings. The van der Waals surface area contributed by atoms with Crippen LogP contribution >= 0.6 is 0 Å². The van der Waals surface area contributed by atoms with Crippen molar-refractivity contribution in [3.63, 3.8) is 0 Å². The van der Waals surface area contributed by atoms with Gasteiger partial charge in [-0.25, -0.2) is 0 Å². The topological polar surface area (TPSA) is 67.4 Å². The van der Waals surface area contributed by atoms with Crippen LogP contribution < -0.4 is 15.4 Å². The van der Waals surface area contributed by atoms with Crippen LogP contribution in [-0.4, -0.2) is 56.1 Å². The van der Waals surface area contributed by atoms with E-state index in [1.165, 1.54) is 19.3 Å². The Kier molecular flexibility index (Phi) is 11.6. The number of hydrogen-bond donors (Lipinski definition) is 2. The van der Waals surface area contributed by atoms with Crippen molar-refractivity contribution >= 4 is 17.5 Å². The van der Waals surface area contributed by atoms with Crippen LogP contribution in [-0.2, 0) is 0 Å². The molecule has 186 valence electrons. The van der Waals surface area contributed by atoms with Crippen molar-refractivity contribution < 1.29 is 18.8 Å². The van der Waals surface area contributed by atoms with Gasteiger partial charge in [-0.2, -0.15) is 0 Å². The maximum atomic E-state index is 12.8. The maximum Gasteiger partial charge on any atom is 0.259 e. The van der Waals surface area contributed by atoms with E-state index in [-0.39, 0.29) is 11.8 Å². The number of rotatable bonds is 15. The van der Waals surface area contributed by atoms with Gasteiger partial charge in [0.2, 0.25) is 0 Å². The Hall–Kier alpha value is -2.86. The highest BCUT2D eigenvalue weighted by Crippen LogP contribution is 2.21. The van der Waals surface area contributed by atoms with E-state index in [2.05, 4.69) is 38.5 Å². The van der Waals surface area contributed by atoms with Crippen molar-refractivity contribution in [2.45, 2.75) is 52.9 Å². The smallest absolute Gasteiger partial charge is 0.259 e. The lowest BCUT2D eigenvalue weighted by Gasteiger charge is -2.32. The summed E-state index contributed by atoms with van der Waals surface area (Å²) in [5.74, 6) is 0.264. The molecule has 0 bridgehead atoms. The molecule has 0 saturated carbocycles. The van der Waals surface area contributed by atoms with Gasteiger partial charge in [0.05, 0.1) is 45.4 Å². The Morgan fingerprint density at radius 2 is 1.53 bits per heavy atom. The second-order valence-electron chi connectivity index (χ2n) is 9.02. The molecule has 2 N–H and O–H groups in total. The summed E-state index contributed by atoms with van der Waals surface area (Å²) in [6.45, 7) is 10.7. The van der Waals surface area contributed by atoms with Crippen molar-refractivity contribution in [1.29, 1.82) is 0 Å². The van der Waals surface area contributed by atoms with E-state index in [0.717, 1.165) is 37.0 Å². The van der Waals surface area contributed by atoms with E-state index in [4.69, 9.17) is 4.74 Å². The Balaban J connectivity index is 1.88. The summed E-state index contributed by atoms with van der Waals surface area (Å²) in [7, 11) is 2.19. The third-order valence-electron chi connectivity index (χ3n) is 6.51. The van der Waals surface area contributed by atoms with E-state index >= 15 is 0 Å². The molecular weight excluding hydrogens is 426 g/mol. The van der Waals surface area contributed by atoms with Crippen LogP contribution in [0.25, 0.3) is 0 Å². The third-order valence-corrected chi connectivity index (χ3v) is 6.51. The molecule has 0 spiro atoms. The molecule has 2 aromatic carbocycles. The molecule has 0 radical (unpaired) electrons. The Morgan fingerprint density at radius 1 is 0.853 bits per heavy atom. The number of quaternary nitrogens is 1. The quantitative estimate of drug-likeness (QED) is 0.268. The first-order valence-electron chi connectivity index (χ1n) is 12.7. The monoisotopic (exact) mass is 468 g/mol. The van der Waals surface area contributed by atoms with E-state index in [0.29, 0.717) is 35.7 Å². The Morgan fingerprint density at radius 3 is 2.21 bits per heavy atom. The van der Waals surface area contributed by atoms with E-state index < -0.39 is 0 Å². The van der Waals surface area contributed by atoms with Crippen molar-refractivity contribution in [2.24, 2.45) is 0 Å². The third kappa shape index (κ3) is 8.82. The molecule has 2 amide bonds. The fourth-order valence-electron chi connectivity index (χ4n) is 3.65. The largest absolute Gasteiger partial charge is 0.493 e. The van der Waals surface area contributed by atoms with Crippen LogP contribution in [0.3, 0.4) is 0 Å². The number of benzene rings is 2. The molecule has 6 nitrogen and oxygen atoms in total. The van der Waals surface area contributed by atoms with Crippen LogP contribution in [0.1, 0.15) is 73.6 Å². The average Bonchev–Trinajstić information content (AvgIpc) is 2.86. The molecule has 0 fully saturated rings. The van der Waals surface area contributed by atoms with Crippen molar-refractivity contribution in [2.75, 3.05) is 45.2 Å². The minimum atomic E-state index is -0.227. The average molecular weight is 469 g/mol. The van der Waals surface area contributed by atoms with Gasteiger partial charge in [-0.1, -0.05) is 44.7 Å². The second-order valence-corrected chi connectivity index (χ2v) is 9.02. The lowest BCUT2D eigenvalue weighted by molar-refractivity contribution is -0.904. The summed E-state index contributed by atoms with van der Waals surface area (Å²) in [6, 6.07) is 14.3. The molecule has 0 aliphatic rings. The molecule has 34 heavy (non-hydrogen) atoms. The van der Waals surface area contributed by atoms with Gasteiger partial charge in [-0.15, -0.1) is 0 Å². The summed E-state index contributed by atoms with van der Waals surface area (Å²) in [6.07, 6.45) is 5.79. The van der Waals surface area contributed by atoms with E-state index in [9.17, 15) is 9.59 Å². The van der Waals surface area contributed by atoms with Gasteiger partial charge in [-0.05, 0) is 56.7 Å². The van der Waals surface area contributed by atoms with Gasteiger partial charge < -0.3 is 19.9 Å². The fourth-order valence-corrected chi connectivity index (χ4v) is 3.65. The summed E-state index contributed by atoms with van der Waals surface area (Å²) in [4.78, 5) is 25.3. The summed E-state index contributed by atoms with van der Waals surface area (Å²) in [5.41, 5.74) is 1.72. The van der Waals surface area contributed by atoms with Gasteiger partial charge in [0.15, 0.2) is 0 Å². The molecule has 0 heterocycles. The Bertz CT molecular complexity index is 892. The van der Waals surface area contributed by atoms with Crippen LogP contribution in [0.4, 0.5) is 5.69 Å². The number of carbonyl (C=O) groups is 2. The highest BCUT2D eigenvalue weighted by Gasteiger charge is 2.17. The zero-order chi connectivity index (χ0) is 24.8. The lowest BCUT2D eigenvalue weighted by atomic mass is 10.1. The van der Waals surface area contributed by atoms with Gasteiger partial charge in [0.1, 0.15) is 5.75 Å². The standard InChI is InChI=1S/C28H41N3O3/c1-5-8-9-10-13-22-34-26-15-12-11-14-25(26)28(33)30-24-18-16-23(17-19-24)27(32)29-20-21-31(4,6-2)7-3/h11-12,14-19H,5-10,13,20-22H2,1-4H3,(H-,29,30,32,33)/p+1. The lowest BCUT2D eigenvalue weighted by Crippen LogP contribution is -2.48. The highest BCUT2D eigenvalue weighted by atomic mass is 16.5. The van der Waals surface area contributed by atoms with Gasteiger partial charge >= 0.3 is 0 Å². The summed E-state index contributed by atoms with van der Waals surface area (Å²) in [5, 5.41) is 5.90. The Labute approximate surface area is 205 Å². The first-order valence-corrected chi connectivity index (χ1v) is 12.7. The van der Waals surface area contributed by atoms with E-state index in [1.807, 2.05) is 18.2 Å². The van der Waals surface area contributed by atoms with E-state index in [1.54, 1.807) is 30.3 Å². The first-order chi connectivity index (χ1) is 16.4. The summed E-state index contributed by atoms with van der Waals surface area (Å²) < 4.78 is 6.82. The van der Waals surface area contributed by atoms with Crippen LogP contribution in [0, 0.1) is 0 Å². The van der Waals surface area contributed by atoms with Crippen LogP contribution in [0.2, 0.25) is 0 Å². The van der Waals surface area contributed by atoms with Gasteiger partial charge in [0, 0.05) is 11.3 Å². The molecule has 0 unspecified atom stereocenters. The molecule has 0 atom stereocenters. The van der Waals surface area contributed by atoms with Crippen LogP contribution in [0.15, 0.2) is 48.5 Å². The number of carbonyl (C=O) groups excluding carboxylic acids is 2. The molecule has 0 aliphatic carbocycles. The minimum absolute atomic E-state index is 0.102. The molecule has 0 saturated heterocycles.